The third kappa shape index (κ3) is 2.93. The maximum Gasteiger partial charge on any atom is 0.0495 e. The molecule has 0 amide bonds. The van der Waals surface area contributed by atoms with Crippen molar-refractivity contribution in [2.45, 2.75) is 25.8 Å². The summed E-state index contributed by atoms with van der Waals surface area (Å²) in [6, 6.07) is 6.60. The molecule has 1 fully saturated rings. The lowest BCUT2D eigenvalue weighted by atomic mass is 10.1. The minimum absolute atomic E-state index is 0.512. The van der Waals surface area contributed by atoms with Crippen molar-refractivity contribution in [1.82, 2.24) is 4.90 Å². The van der Waals surface area contributed by atoms with Crippen LogP contribution in [0.15, 0.2) is 18.2 Å². The van der Waals surface area contributed by atoms with Gasteiger partial charge in [-0.05, 0) is 37.2 Å². The van der Waals surface area contributed by atoms with E-state index in [-0.39, 0.29) is 0 Å². The maximum absolute atomic E-state index is 6.02. The van der Waals surface area contributed by atoms with Crippen LogP contribution in [-0.4, -0.2) is 37.1 Å². The Labute approximate surface area is 119 Å². The Kier molecular flexibility index (Phi) is 4.77. The first-order chi connectivity index (χ1) is 8.65. The Morgan fingerprint density at radius 2 is 2.11 bits per heavy atom. The fourth-order valence-corrected chi connectivity index (χ4v) is 3.06. The Morgan fingerprint density at radius 1 is 1.33 bits per heavy atom. The molecule has 1 unspecified atom stereocenters. The standard InChI is InChI=1S/C14H20Cl2N2/c1-3-17-6-7-18(10-11(17)2)14-5-4-13(16)8-12(14)9-15/h4-5,8,11H,3,6-7,9-10H2,1-2H3. The molecule has 2 rings (SSSR count). The monoisotopic (exact) mass is 286 g/mol. The van der Waals surface area contributed by atoms with Gasteiger partial charge in [-0.2, -0.15) is 0 Å². The maximum atomic E-state index is 6.02. The molecule has 0 saturated carbocycles. The van der Waals surface area contributed by atoms with Gasteiger partial charge >= 0.3 is 0 Å². The Bertz CT molecular complexity index is 409. The van der Waals surface area contributed by atoms with E-state index < -0.39 is 0 Å². The summed E-state index contributed by atoms with van der Waals surface area (Å²) in [4.78, 5) is 4.93. The van der Waals surface area contributed by atoms with Gasteiger partial charge in [0.2, 0.25) is 0 Å². The first-order valence-corrected chi connectivity index (χ1v) is 7.40. The number of hydrogen-bond acceptors (Lipinski definition) is 2. The van der Waals surface area contributed by atoms with E-state index in [0.29, 0.717) is 11.9 Å². The lowest BCUT2D eigenvalue weighted by Gasteiger charge is -2.41. The van der Waals surface area contributed by atoms with Crippen LogP contribution in [0, 0.1) is 0 Å². The quantitative estimate of drug-likeness (QED) is 0.784. The number of piperazine rings is 1. The van der Waals surface area contributed by atoms with E-state index in [1.54, 1.807) is 0 Å². The molecule has 0 spiro atoms. The van der Waals surface area contributed by atoms with E-state index in [9.17, 15) is 0 Å². The van der Waals surface area contributed by atoms with Crippen molar-refractivity contribution in [1.29, 1.82) is 0 Å². The normalized spacial score (nSPS) is 21.3. The van der Waals surface area contributed by atoms with Crippen LogP contribution in [-0.2, 0) is 5.88 Å². The van der Waals surface area contributed by atoms with E-state index in [0.717, 1.165) is 36.8 Å². The Hall–Kier alpha value is -0.440. The molecule has 18 heavy (non-hydrogen) atoms. The molecule has 1 atom stereocenters. The van der Waals surface area contributed by atoms with Crippen molar-refractivity contribution in [3.8, 4) is 0 Å². The van der Waals surface area contributed by atoms with Crippen molar-refractivity contribution in [3.63, 3.8) is 0 Å². The van der Waals surface area contributed by atoms with Crippen molar-refractivity contribution >= 4 is 28.9 Å². The van der Waals surface area contributed by atoms with E-state index in [1.165, 1.54) is 5.69 Å². The molecular formula is C14H20Cl2N2. The summed E-state index contributed by atoms with van der Waals surface area (Å²) in [5.74, 6) is 0.512. The topological polar surface area (TPSA) is 6.48 Å². The van der Waals surface area contributed by atoms with Crippen LogP contribution in [0.4, 0.5) is 5.69 Å². The molecule has 1 heterocycles. The number of hydrogen-bond donors (Lipinski definition) is 0. The molecule has 0 aliphatic carbocycles. The number of likely N-dealkylation sites (N-methyl/N-ethyl adjacent to an activating group) is 1. The van der Waals surface area contributed by atoms with Crippen molar-refractivity contribution < 1.29 is 0 Å². The van der Waals surface area contributed by atoms with Gasteiger partial charge in [0, 0.05) is 42.3 Å². The fraction of sp³-hybridized carbons (Fsp3) is 0.571. The fourth-order valence-electron chi connectivity index (χ4n) is 2.65. The molecule has 100 valence electrons. The molecule has 1 aromatic rings. The summed E-state index contributed by atoms with van der Waals surface area (Å²) >= 11 is 12.0. The van der Waals surface area contributed by atoms with Gasteiger partial charge in [-0.15, -0.1) is 11.6 Å². The van der Waals surface area contributed by atoms with Crippen molar-refractivity contribution in [3.05, 3.63) is 28.8 Å². The van der Waals surface area contributed by atoms with Gasteiger partial charge in [0.25, 0.3) is 0 Å². The highest BCUT2D eigenvalue weighted by Crippen LogP contribution is 2.27. The van der Waals surface area contributed by atoms with Gasteiger partial charge in [0.05, 0.1) is 0 Å². The van der Waals surface area contributed by atoms with Gasteiger partial charge in [-0.1, -0.05) is 18.5 Å². The predicted molar refractivity (Wildman–Crippen MR) is 79.9 cm³/mol. The van der Waals surface area contributed by atoms with Crippen LogP contribution in [0.25, 0.3) is 0 Å². The number of alkyl halides is 1. The number of halogens is 2. The number of rotatable bonds is 3. The second-order valence-electron chi connectivity index (χ2n) is 4.83. The van der Waals surface area contributed by atoms with Crippen LogP contribution >= 0.6 is 23.2 Å². The molecule has 1 aliphatic rings. The summed E-state index contributed by atoms with van der Waals surface area (Å²) in [6.07, 6.45) is 0. The molecular weight excluding hydrogens is 267 g/mol. The van der Waals surface area contributed by atoms with E-state index >= 15 is 0 Å². The van der Waals surface area contributed by atoms with E-state index in [2.05, 4.69) is 29.7 Å². The zero-order valence-corrected chi connectivity index (χ0v) is 12.5. The van der Waals surface area contributed by atoms with Gasteiger partial charge in [-0.25, -0.2) is 0 Å². The summed E-state index contributed by atoms with van der Waals surface area (Å²) in [5, 5.41) is 0.759. The number of anilines is 1. The van der Waals surface area contributed by atoms with Crippen LogP contribution in [0.5, 0.6) is 0 Å². The molecule has 0 aromatic heterocycles. The van der Waals surface area contributed by atoms with E-state index in [4.69, 9.17) is 23.2 Å². The zero-order valence-electron chi connectivity index (χ0n) is 11.0. The zero-order chi connectivity index (χ0) is 13.1. The second-order valence-corrected chi connectivity index (χ2v) is 5.53. The third-order valence-corrected chi connectivity index (χ3v) is 4.22. The summed E-state index contributed by atoms with van der Waals surface area (Å²) in [6.45, 7) is 8.85. The Morgan fingerprint density at radius 3 is 2.72 bits per heavy atom. The lowest BCUT2D eigenvalue weighted by molar-refractivity contribution is 0.199. The first-order valence-electron chi connectivity index (χ1n) is 6.49. The van der Waals surface area contributed by atoms with Crippen LogP contribution in [0.1, 0.15) is 19.4 Å². The molecule has 1 saturated heterocycles. The molecule has 1 aliphatic heterocycles. The molecule has 0 radical (unpaired) electrons. The lowest BCUT2D eigenvalue weighted by Crippen LogP contribution is -2.51. The van der Waals surface area contributed by atoms with Gasteiger partial charge in [0.15, 0.2) is 0 Å². The van der Waals surface area contributed by atoms with Crippen LogP contribution in [0.2, 0.25) is 5.02 Å². The second kappa shape index (κ2) is 6.14. The minimum Gasteiger partial charge on any atom is -0.368 e. The highest BCUT2D eigenvalue weighted by atomic mass is 35.5. The summed E-state index contributed by atoms with van der Waals surface area (Å²) < 4.78 is 0. The van der Waals surface area contributed by atoms with Crippen molar-refractivity contribution in [2.24, 2.45) is 0 Å². The first kappa shape index (κ1) is 14.0. The van der Waals surface area contributed by atoms with E-state index in [1.807, 2.05) is 12.1 Å². The van der Waals surface area contributed by atoms with Gasteiger partial charge in [0.1, 0.15) is 0 Å². The average molecular weight is 287 g/mol. The predicted octanol–water partition coefficient (Wildman–Crippen LogP) is 3.61. The Balaban J connectivity index is 2.17. The molecule has 0 bridgehead atoms. The smallest absolute Gasteiger partial charge is 0.0495 e. The van der Waals surface area contributed by atoms with Crippen LogP contribution < -0.4 is 4.90 Å². The summed E-state index contributed by atoms with van der Waals surface area (Å²) in [5.41, 5.74) is 2.36. The number of nitrogens with zero attached hydrogens (tertiary/aromatic N) is 2. The molecule has 4 heteroatoms. The highest BCUT2D eigenvalue weighted by molar-refractivity contribution is 6.30. The average Bonchev–Trinajstić information content (AvgIpc) is 2.38. The SMILES string of the molecule is CCN1CCN(c2ccc(Cl)cc2CCl)CC1C. The molecule has 2 nitrogen and oxygen atoms in total. The minimum atomic E-state index is 0.512. The number of benzene rings is 1. The third-order valence-electron chi connectivity index (χ3n) is 3.70. The van der Waals surface area contributed by atoms with Gasteiger partial charge in [-0.3, -0.25) is 4.90 Å². The largest absolute Gasteiger partial charge is 0.368 e. The van der Waals surface area contributed by atoms with Crippen LogP contribution in [0.3, 0.4) is 0 Å². The highest BCUT2D eigenvalue weighted by Gasteiger charge is 2.23. The summed E-state index contributed by atoms with van der Waals surface area (Å²) in [7, 11) is 0. The molecule has 1 aromatic carbocycles. The van der Waals surface area contributed by atoms with Crippen molar-refractivity contribution in [2.75, 3.05) is 31.1 Å². The molecule has 0 N–H and O–H groups in total. The van der Waals surface area contributed by atoms with Gasteiger partial charge < -0.3 is 4.90 Å².